The molecule has 1 aliphatic rings. The molecule has 5 rings (SSSR count). The molecule has 2 heterocycles. The van der Waals surface area contributed by atoms with Crippen LogP contribution >= 0.6 is 0 Å². The van der Waals surface area contributed by atoms with E-state index in [4.69, 9.17) is 16.2 Å². The normalized spacial score (nSPS) is 16.7. The van der Waals surface area contributed by atoms with Crippen LogP contribution in [0.4, 0.5) is 20.4 Å². The molecule has 0 saturated heterocycles. The van der Waals surface area contributed by atoms with Gasteiger partial charge in [-0.15, -0.1) is 0 Å². The Labute approximate surface area is 246 Å². The van der Waals surface area contributed by atoms with Crippen molar-refractivity contribution in [2.45, 2.75) is 50.9 Å². The lowest BCUT2D eigenvalue weighted by Crippen LogP contribution is -2.34. The minimum absolute atomic E-state index is 0.0524. The van der Waals surface area contributed by atoms with Crippen LogP contribution in [-0.4, -0.2) is 38.0 Å². The number of halogens is 2. The first kappa shape index (κ1) is 29.3. The summed E-state index contributed by atoms with van der Waals surface area (Å²) < 4.78 is 33.0. The van der Waals surface area contributed by atoms with Gasteiger partial charge in [-0.25, -0.2) is 28.7 Å². The van der Waals surface area contributed by atoms with Crippen LogP contribution < -0.4 is 26.8 Å². The van der Waals surface area contributed by atoms with Crippen LogP contribution in [0.5, 0.6) is 5.88 Å². The van der Waals surface area contributed by atoms with Crippen molar-refractivity contribution in [1.82, 2.24) is 25.3 Å². The highest BCUT2D eigenvalue weighted by Gasteiger charge is 2.27. The SMILES string of the molecule is CC(NC(=O)c1nc(C#N)cnc1NCc1ccc(-c2cnc(N)c(O[C@H]3CCC[C@@H]3N)n2)cc1)c1ccc(F)c(F)c1. The van der Waals surface area contributed by atoms with Crippen molar-refractivity contribution < 1.29 is 18.3 Å². The number of nitrogens with two attached hydrogens (primary N) is 2. The Morgan fingerprint density at radius 3 is 2.60 bits per heavy atom. The summed E-state index contributed by atoms with van der Waals surface area (Å²) in [5.41, 5.74) is 14.5. The molecule has 1 amide bonds. The Hall–Kier alpha value is -5.22. The van der Waals surface area contributed by atoms with Gasteiger partial charge in [-0.2, -0.15) is 5.26 Å². The van der Waals surface area contributed by atoms with Gasteiger partial charge in [0.05, 0.1) is 24.1 Å². The van der Waals surface area contributed by atoms with Gasteiger partial charge in [0.2, 0.25) is 0 Å². The van der Waals surface area contributed by atoms with Gasteiger partial charge in [-0.1, -0.05) is 30.3 Å². The summed E-state index contributed by atoms with van der Waals surface area (Å²) in [5.74, 6) is -2.04. The first-order valence-electron chi connectivity index (χ1n) is 13.6. The Balaban J connectivity index is 1.27. The molecule has 1 fully saturated rings. The van der Waals surface area contributed by atoms with E-state index in [0.29, 0.717) is 11.3 Å². The monoisotopic (exact) mass is 585 g/mol. The third-order valence-corrected chi connectivity index (χ3v) is 7.14. The summed E-state index contributed by atoms with van der Waals surface area (Å²) in [6.45, 7) is 1.90. The van der Waals surface area contributed by atoms with Crippen LogP contribution in [-0.2, 0) is 6.54 Å². The third-order valence-electron chi connectivity index (χ3n) is 7.14. The highest BCUT2D eigenvalue weighted by atomic mass is 19.2. The van der Waals surface area contributed by atoms with Gasteiger partial charge in [-0.05, 0) is 49.4 Å². The summed E-state index contributed by atoms with van der Waals surface area (Å²) >= 11 is 0. The number of nitrogens with one attached hydrogen (secondary N) is 2. The summed E-state index contributed by atoms with van der Waals surface area (Å²) in [7, 11) is 0. The number of carbonyl (C=O) groups excluding carboxylic acids is 1. The number of nitrogen functional groups attached to an aromatic ring is 1. The molecular formula is C30H29F2N9O2. The maximum atomic E-state index is 13.7. The van der Waals surface area contributed by atoms with Crippen molar-refractivity contribution in [3.8, 4) is 23.2 Å². The van der Waals surface area contributed by atoms with Crippen LogP contribution in [0.3, 0.4) is 0 Å². The van der Waals surface area contributed by atoms with E-state index in [1.165, 1.54) is 12.3 Å². The second-order valence-corrected chi connectivity index (χ2v) is 10.2. The molecule has 0 spiro atoms. The summed E-state index contributed by atoms with van der Waals surface area (Å²) in [5, 5.41) is 15.1. The van der Waals surface area contributed by atoms with Crippen molar-refractivity contribution in [3.05, 3.63) is 89.0 Å². The number of ether oxygens (including phenoxy) is 1. The van der Waals surface area contributed by atoms with Gasteiger partial charge < -0.3 is 26.8 Å². The summed E-state index contributed by atoms with van der Waals surface area (Å²) in [4.78, 5) is 30.2. The Kier molecular flexibility index (Phi) is 8.68. The molecule has 1 unspecified atom stereocenters. The topological polar surface area (TPSA) is 178 Å². The number of benzene rings is 2. The van der Waals surface area contributed by atoms with Gasteiger partial charge in [0, 0.05) is 18.2 Å². The van der Waals surface area contributed by atoms with E-state index in [0.717, 1.165) is 42.5 Å². The fraction of sp³-hybridized carbons (Fsp3) is 0.267. The highest BCUT2D eigenvalue weighted by Crippen LogP contribution is 2.28. The van der Waals surface area contributed by atoms with Crippen molar-refractivity contribution in [2.24, 2.45) is 5.73 Å². The number of hydrogen-bond donors (Lipinski definition) is 4. The van der Waals surface area contributed by atoms with Gasteiger partial charge in [0.15, 0.2) is 34.7 Å². The fourth-order valence-electron chi connectivity index (χ4n) is 4.69. The molecule has 13 heteroatoms. The predicted octanol–water partition coefficient (Wildman–Crippen LogP) is 4.03. The van der Waals surface area contributed by atoms with Crippen molar-refractivity contribution in [1.29, 1.82) is 5.26 Å². The minimum atomic E-state index is -1.02. The lowest BCUT2D eigenvalue weighted by Gasteiger charge is -2.18. The maximum Gasteiger partial charge on any atom is 0.274 e. The number of amides is 1. The number of carbonyl (C=O) groups is 1. The highest BCUT2D eigenvalue weighted by molar-refractivity contribution is 5.97. The van der Waals surface area contributed by atoms with E-state index in [-0.39, 0.29) is 47.6 Å². The molecule has 1 aliphatic carbocycles. The third kappa shape index (κ3) is 6.82. The van der Waals surface area contributed by atoms with E-state index < -0.39 is 23.6 Å². The van der Waals surface area contributed by atoms with Gasteiger partial charge in [0.1, 0.15) is 12.2 Å². The molecule has 2 aromatic heterocycles. The molecule has 220 valence electrons. The van der Waals surface area contributed by atoms with Crippen LogP contribution in [0.1, 0.15) is 59.5 Å². The summed E-state index contributed by atoms with van der Waals surface area (Å²) in [6.07, 6.45) is 5.40. The van der Waals surface area contributed by atoms with Gasteiger partial charge in [0.25, 0.3) is 11.8 Å². The van der Waals surface area contributed by atoms with Gasteiger partial charge in [-0.3, -0.25) is 4.79 Å². The number of rotatable bonds is 9. The molecule has 3 atom stereocenters. The Bertz CT molecular complexity index is 1680. The first-order valence-corrected chi connectivity index (χ1v) is 13.6. The van der Waals surface area contributed by atoms with Crippen LogP contribution in [0, 0.1) is 23.0 Å². The molecule has 0 radical (unpaired) electrons. The van der Waals surface area contributed by atoms with E-state index in [2.05, 4.69) is 30.6 Å². The minimum Gasteiger partial charge on any atom is -0.470 e. The average molecular weight is 586 g/mol. The van der Waals surface area contributed by atoms with Crippen LogP contribution in [0.15, 0.2) is 54.9 Å². The molecule has 4 aromatic rings. The smallest absolute Gasteiger partial charge is 0.274 e. The average Bonchev–Trinajstić information content (AvgIpc) is 3.42. The van der Waals surface area contributed by atoms with Crippen molar-refractivity contribution in [3.63, 3.8) is 0 Å². The summed E-state index contributed by atoms with van der Waals surface area (Å²) in [6, 6.07) is 12.0. The zero-order valence-corrected chi connectivity index (χ0v) is 23.2. The molecule has 0 bridgehead atoms. The largest absolute Gasteiger partial charge is 0.470 e. The lowest BCUT2D eigenvalue weighted by molar-refractivity contribution is 0.0935. The van der Waals surface area contributed by atoms with Crippen molar-refractivity contribution >= 4 is 17.5 Å². The Morgan fingerprint density at radius 2 is 1.91 bits per heavy atom. The molecule has 0 aliphatic heterocycles. The van der Waals surface area contributed by atoms with Crippen LogP contribution in [0.25, 0.3) is 11.3 Å². The molecule has 2 aromatic carbocycles. The maximum absolute atomic E-state index is 13.7. The molecule has 11 nitrogen and oxygen atoms in total. The number of nitriles is 1. The molecule has 43 heavy (non-hydrogen) atoms. The number of nitrogens with zero attached hydrogens (tertiary/aromatic N) is 5. The second-order valence-electron chi connectivity index (χ2n) is 10.2. The Morgan fingerprint density at radius 1 is 1.12 bits per heavy atom. The predicted molar refractivity (Wildman–Crippen MR) is 154 cm³/mol. The van der Waals surface area contributed by atoms with Gasteiger partial charge >= 0.3 is 0 Å². The van der Waals surface area contributed by atoms with E-state index in [1.54, 1.807) is 13.1 Å². The number of aromatic nitrogens is 4. The van der Waals surface area contributed by atoms with E-state index in [1.807, 2.05) is 30.3 Å². The number of hydrogen-bond acceptors (Lipinski definition) is 10. The first-order chi connectivity index (χ1) is 20.7. The zero-order chi connectivity index (χ0) is 30.5. The van der Waals surface area contributed by atoms with Crippen LogP contribution in [0.2, 0.25) is 0 Å². The molecule has 1 saturated carbocycles. The van der Waals surface area contributed by atoms with E-state index >= 15 is 0 Å². The fourth-order valence-corrected chi connectivity index (χ4v) is 4.69. The van der Waals surface area contributed by atoms with E-state index in [9.17, 15) is 18.8 Å². The number of anilines is 2. The van der Waals surface area contributed by atoms with Crippen molar-refractivity contribution in [2.75, 3.05) is 11.1 Å². The molecular weight excluding hydrogens is 556 g/mol. The zero-order valence-electron chi connectivity index (χ0n) is 23.2. The second kappa shape index (κ2) is 12.7. The molecule has 6 N–H and O–H groups in total. The standard InChI is InChI=1S/C30H29F2N9O2/c1-16(19-9-10-21(31)22(32)11-19)39-29(42)26-28(38-14-20(12-33)40-26)37-13-17-5-7-18(8-6-17)24-15-36-27(35)30(41-24)43-25-4-2-3-23(25)34/h5-11,14-16,23,25H,2-4,13,34H2,1H3,(H2,35,36)(H,37,38)(H,39,42)/t16?,23-,25-/m0/s1. The quantitative estimate of drug-likeness (QED) is 0.224. The lowest BCUT2D eigenvalue weighted by atomic mass is 10.1.